The number of amides is 1. The fourth-order valence-electron chi connectivity index (χ4n) is 2.69. The standard InChI is InChI=1S/C14H21N3O/c1-10-8-11(15)4-5-12(10)17-7-6-14(2,9-17)13(18)16-3/h4-5,8H,6-7,9,15H2,1-3H3,(H,16,18). The number of hydrogen-bond acceptors (Lipinski definition) is 3. The summed E-state index contributed by atoms with van der Waals surface area (Å²) < 4.78 is 0. The predicted octanol–water partition coefficient (Wildman–Crippen LogP) is 1.54. The minimum atomic E-state index is -0.289. The molecule has 1 aliphatic heterocycles. The fourth-order valence-corrected chi connectivity index (χ4v) is 2.69. The van der Waals surface area contributed by atoms with Gasteiger partial charge in [0.1, 0.15) is 0 Å². The molecule has 4 nitrogen and oxygen atoms in total. The highest BCUT2D eigenvalue weighted by molar-refractivity contribution is 5.83. The summed E-state index contributed by atoms with van der Waals surface area (Å²) in [6.07, 6.45) is 0.885. The molecule has 3 N–H and O–H groups in total. The van der Waals surface area contributed by atoms with Crippen LogP contribution in [0.15, 0.2) is 18.2 Å². The van der Waals surface area contributed by atoms with Crippen LogP contribution in [0.3, 0.4) is 0 Å². The molecular weight excluding hydrogens is 226 g/mol. The Kier molecular flexibility index (Phi) is 3.20. The summed E-state index contributed by atoms with van der Waals surface area (Å²) in [6, 6.07) is 5.93. The zero-order valence-electron chi connectivity index (χ0n) is 11.3. The monoisotopic (exact) mass is 247 g/mol. The molecule has 18 heavy (non-hydrogen) atoms. The van der Waals surface area contributed by atoms with E-state index in [1.807, 2.05) is 25.1 Å². The first kappa shape index (κ1) is 12.7. The van der Waals surface area contributed by atoms with E-state index in [-0.39, 0.29) is 11.3 Å². The molecule has 1 aliphatic rings. The molecule has 1 aromatic rings. The number of rotatable bonds is 2. The Balaban J connectivity index is 2.20. The van der Waals surface area contributed by atoms with E-state index in [0.29, 0.717) is 0 Å². The van der Waals surface area contributed by atoms with Crippen LogP contribution in [0, 0.1) is 12.3 Å². The van der Waals surface area contributed by atoms with Gasteiger partial charge in [0.15, 0.2) is 0 Å². The van der Waals surface area contributed by atoms with Crippen molar-refractivity contribution in [3.8, 4) is 0 Å². The smallest absolute Gasteiger partial charge is 0.227 e. The Bertz CT molecular complexity index is 472. The first-order valence-corrected chi connectivity index (χ1v) is 6.29. The van der Waals surface area contributed by atoms with Crippen LogP contribution < -0.4 is 16.0 Å². The molecule has 1 amide bonds. The quantitative estimate of drug-likeness (QED) is 0.779. The van der Waals surface area contributed by atoms with Crippen LogP contribution in [0.4, 0.5) is 11.4 Å². The maximum atomic E-state index is 11.9. The highest BCUT2D eigenvalue weighted by Gasteiger charge is 2.40. The summed E-state index contributed by atoms with van der Waals surface area (Å²) in [4.78, 5) is 14.2. The Hall–Kier alpha value is -1.71. The van der Waals surface area contributed by atoms with Gasteiger partial charge in [-0.15, -0.1) is 0 Å². The van der Waals surface area contributed by atoms with Gasteiger partial charge in [0.25, 0.3) is 0 Å². The zero-order chi connectivity index (χ0) is 13.3. The molecule has 0 spiro atoms. The summed E-state index contributed by atoms with van der Waals surface area (Å²) in [5, 5.41) is 2.76. The van der Waals surface area contributed by atoms with Crippen molar-refractivity contribution in [2.45, 2.75) is 20.3 Å². The van der Waals surface area contributed by atoms with Crippen LogP contribution >= 0.6 is 0 Å². The van der Waals surface area contributed by atoms with E-state index in [2.05, 4.69) is 17.1 Å². The topological polar surface area (TPSA) is 58.4 Å². The van der Waals surface area contributed by atoms with Crippen LogP contribution in [0.2, 0.25) is 0 Å². The molecule has 0 radical (unpaired) electrons. The van der Waals surface area contributed by atoms with Crippen LogP contribution in [0.25, 0.3) is 0 Å². The summed E-state index contributed by atoms with van der Waals surface area (Å²) in [7, 11) is 1.70. The molecule has 1 unspecified atom stereocenters. The summed E-state index contributed by atoms with van der Waals surface area (Å²) in [5.41, 5.74) is 8.60. The molecule has 0 aliphatic carbocycles. The van der Waals surface area contributed by atoms with Crippen molar-refractivity contribution in [3.63, 3.8) is 0 Å². The summed E-state index contributed by atoms with van der Waals surface area (Å²) >= 11 is 0. The van der Waals surface area contributed by atoms with Gasteiger partial charge < -0.3 is 16.0 Å². The van der Waals surface area contributed by atoms with E-state index in [9.17, 15) is 4.79 Å². The number of nitrogens with zero attached hydrogens (tertiary/aromatic N) is 1. The number of anilines is 2. The third-order valence-corrected chi connectivity index (χ3v) is 3.81. The average Bonchev–Trinajstić information content (AvgIpc) is 2.72. The van der Waals surface area contributed by atoms with Crippen LogP contribution in [-0.4, -0.2) is 26.0 Å². The lowest BCUT2D eigenvalue weighted by Gasteiger charge is -2.25. The first-order chi connectivity index (χ1) is 8.46. The van der Waals surface area contributed by atoms with Crippen molar-refractivity contribution >= 4 is 17.3 Å². The highest BCUT2D eigenvalue weighted by Crippen LogP contribution is 2.35. The van der Waals surface area contributed by atoms with Crippen LogP contribution in [0.1, 0.15) is 18.9 Å². The molecule has 4 heteroatoms. The number of hydrogen-bond donors (Lipinski definition) is 2. The third kappa shape index (κ3) is 2.15. The molecule has 0 aromatic heterocycles. The normalized spacial score (nSPS) is 23.2. The molecule has 1 saturated heterocycles. The number of aryl methyl sites for hydroxylation is 1. The Labute approximate surface area is 108 Å². The average molecular weight is 247 g/mol. The van der Waals surface area contributed by atoms with E-state index in [1.165, 1.54) is 5.69 Å². The molecule has 1 atom stereocenters. The summed E-state index contributed by atoms with van der Waals surface area (Å²) in [5.74, 6) is 0.123. The number of benzene rings is 1. The molecular formula is C14H21N3O. The van der Waals surface area contributed by atoms with Crippen molar-refractivity contribution in [2.24, 2.45) is 5.41 Å². The van der Waals surface area contributed by atoms with E-state index in [1.54, 1.807) is 7.05 Å². The number of nitrogens with two attached hydrogens (primary N) is 1. The maximum absolute atomic E-state index is 11.9. The second kappa shape index (κ2) is 4.52. The Morgan fingerprint density at radius 3 is 2.83 bits per heavy atom. The van der Waals surface area contributed by atoms with Gasteiger partial charge in [-0.1, -0.05) is 0 Å². The van der Waals surface area contributed by atoms with Crippen molar-refractivity contribution in [2.75, 3.05) is 30.8 Å². The fraction of sp³-hybridized carbons (Fsp3) is 0.500. The Morgan fingerprint density at radius 2 is 2.22 bits per heavy atom. The number of nitrogens with one attached hydrogen (secondary N) is 1. The number of carbonyl (C=O) groups is 1. The van der Waals surface area contributed by atoms with Crippen LogP contribution in [-0.2, 0) is 4.79 Å². The second-order valence-electron chi connectivity index (χ2n) is 5.36. The van der Waals surface area contributed by atoms with Crippen molar-refractivity contribution < 1.29 is 4.79 Å². The molecule has 1 aromatic carbocycles. The SMILES string of the molecule is CNC(=O)C1(C)CCN(c2ccc(N)cc2C)C1. The molecule has 1 fully saturated rings. The minimum Gasteiger partial charge on any atom is -0.399 e. The van der Waals surface area contributed by atoms with Gasteiger partial charge in [-0.05, 0) is 44.0 Å². The third-order valence-electron chi connectivity index (χ3n) is 3.81. The summed E-state index contributed by atoms with van der Waals surface area (Å²) in [6.45, 7) is 5.76. The molecule has 98 valence electrons. The van der Waals surface area contributed by atoms with E-state index >= 15 is 0 Å². The largest absolute Gasteiger partial charge is 0.399 e. The zero-order valence-corrected chi connectivity index (χ0v) is 11.3. The van der Waals surface area contributed by atoms with E-state index in [4.69, 9.17) is 5.73 Å². The van der Waals surface area contributed by atoms with Gasteiger partial charge in [0.2, 0.25) is 5.91 Å². The predicted molar refractivity (Wildman–Crippen MR) is 74.6 cm³/mol. The van der Waals surface area contributed by atoms with Crippen molar-refractivity contribution in [1.29, 1.82) is 0 Å². The van der Waals surface area contributed by atoms with Gasteiger partial charge in [0, 0.05) is 31.5 Å². The molecule has 0 saturated carbocycles. The lowest BCUT2D eigenvalue weighted by atomic mass is 9.89. The van der Waals surface area contributed by atoms with Gasteiger partial charge in [0.05, 0.1) is 5.41 Å². The van der Waals surface area contributed by atoms with E-state index in [0.717, 1.165) is 30.8 Å². The van der Waals surface area contributed by atoms with Gasteiger partial charge >= 0.3 is 0 Å². The van der Waals surface area contributed by atoms with Gasteiger partial charge in [-0.3, -0.25) is 4.79 Å². The lowest BCUT2D eigenvalue weighted by Crippen LogP contribution is -2.39. The first-order valence-electron chi connectivity index (χ1n) is 6.29. The van der Waals surface area contributed by atoms with Crippen LogP contribution in [0.5, 0.6) is 0 Å². The highest BCUT2D eigenvalue weighted by atomic mass is 16.2. The number of carbonyl (C=O) groups excluding carboxylic acids is 1. The lowest BCUT2D eigenvalue weighted by molar-refractivity contribution is -0.128. The maximum Gasteiger partial charge on any atom is 0.227 e. The van der Waals surface area contributed by atoms with Gasteiger partial charge in [-0.2, -0.15) is 0 Å². The Morgan fingerprint density at radius 1 is 1.50 bits per heavy atom. The molecule has 0 bridgehead atoms. The van der Waals surface area contributed by atoms with Crippen molar-refractivity contribution in [1.82, 2.24) is 5.32 Å². The van der Waals surface area contributed by atoms with E-state index < -0.39 is 0 Å². The molecule has 2 rings (SSSR count). The minimum absolute atomic E-state index is 0.123. The molecule has 1 heterocycles. The van der Waals surface area contributed by atoms with Crippen molar-refractivity contribution in [3.05, 3.63) is 23.8 Å². The number of nitrogen functional groups attached to an aromatic ring is 1. The van der Waals surface area contributed by atoms with Gasteiger partial charge in [-0.25, -0.2) is 0 Å². The second-order valence-corrected chi connectivity index (χ2v) is 5.36.